The Labute approximate surface area is 110 Å². The first-order chi connectivity index (χ1) is 7.46. The van der Waals surface area contributed by atoms with Gasteiger partial charge >= 0.3 is 0 Å². The second-order valence-corrected chi connectivity index (χ2v) is 6.53. The van der Waals surface area contributed by atoms with Gasteiger partial charge in [-0.1, -0.05) is 13.8 Å². The van der Waals surface area contributed by atoms with Crippen molar-refractivity contribution < 1.29 is 4.39 Å². The highest BCUT2D eigenvalue weighted by atomic mass is 127. The minimum atomic E-state index is -0.165. The van der Waals surface area contributed by atoms with E-state index in [4.69, 9.17) is 0 Å². The molecule has 1 aromatic carbocycles. The summed E-state index contributed by atoms with van der Waals surface area (Å²) in [6.45, 7) is 4.62. The molecule has 0 amide bonds. The third kappa shape index (κ3) is 2.87. The maximum atomic E-state index is 13.0. The van der Waals surface area contributed by atoms with Crippen molar-refractivity contribution in [1.82, 2.24) is 0 Å². The molecule has 0 heterocycles. The van der Waals surface area contributed by atoms with Crippen molar-refractivity contribution in [2.45, 2.75) is 39.2 Å². The summed E-state index contributed by atoms with van der Waals surface area (Å²) in [5.74, 6) is -0.165. The average Bonchev–Trinajstić information content (AvgIpc) is 2.51. The molecule has 0 aromatic heterocycles. The largest absolute Gasteiger partial charge is 0.381 e. The van der Waals surface area contributed by atoms with Crippen molar-refractivity contribution in [2.75, 3.05) is 5.32 Å². The molecular weight excluding hydrogens is 316 g/mol. The van der Waals surface area contributed by atoms with Gasteiger partial charge in [0.15, 0.2) is 0 Å². The zero-order valence-electron chi connectivity index (χ0n) is 9.69. The Morgan fingerprint density at radius 1 is 1.44 bits per heavy atom. The number of benzene rings is 1. The lowest BCUT2D eigenvalue weighted by molar-refractivity contribution is 0.378. The van der Waals surface area contributed by atoms with Gasteiger partial charge in [0, 0.05) is 15.3 Å². The highest BCUT2D eigenvalue weighted by Crippen LogP contribution is 2.38. The molecule has 0 aliphatic heterocycles. The van der Waals surface area contributed by atoms with Gasteiger partial charge in [-0.25, -0.2) is 4.39 Å². The molecule has 1 N–H and O–H groups in total. The van der Waals surface area contributed by atoms with E-state index in [2.05, 4.69) is 41.8 Å². The van der Waals surface area contributed by atoms with Gasteiger partial charge in [-0.05, 0) is 65.5 Å². The van der Waals surface area contributed by atoms with Gasteiger partial charge in [0.25, 0.3) is 0 Å². The van der Waals surface area contributed by atoms with E-state index in [1.165, 1.54) is 25.3 Å². The molecule has 0 saturated heterocycles. The zero-order chi connectivity index (χ0) is 11.8. The standard InChI is InChI=1S/C13H17FIN/c1-13(2)6-5-10(8-13)16-12-4-3-9(14)7-11(12)15/h3-4,7,10,16H,5-6,8H2,1-2H3. The Morgan fingerprint density at radius 3 is 2.75 bits per heavy atom. The maximum Gasteiger partial charge on any atom is 0.124 e. The van der Waals surface area contributed by atoms with Crippen LogP contribution in [0.15, 0.2) is 18.2 Å². The first kappa shape index (κ1) is 12.1. The van der Waals surface area contributed by atoms with Crippen LogP contribution in [0.4, 0.5) is 10.1 Å². The van der Waals surface area contributed by atoms with Crippen LogP contribution in [0.1, 0.15) is 33.1 Å². The molecule has 1 fully saturated rings. The molecule has 3 heteroatoms. The Hall–Kier alpha value is -0.320. The Bertz CT molecular complexity index is 390. The molecule has 0 bridgehead atoms. The number of hydrogen-bond acceptors (Lipinski definition) is 1. The van der Waals surface area contributed by atoms with Crippen molar-refractivity contribution in [1.29, 1.82) is 0 Å². The summed E-state index contributed by atoms with van der Waals surface area (Å²) in [4.78, 5) is 0. The molecule has 1 aliphatic carbocycles. The van der Waals surface area contributed by atoms with Gasteiger partial charge in [0.1, 0.15) is 5.82 Å². The van der Waals surface area contributed by atoms with Crippen LogP contribution >= 0.6 is 22.6 Å². The molecule has 1 aromatic rings. The SMILES string of the molecule is CC1(C)CCC(Nc2ccc(F)cc2I)C1. The molecule has 1 saturated carbocycles. The second-order valence-electron chi connectivity index (χ2n) is 5.37. The van der Waals surface area contributed by atoms with Gasteiger partial charge in [-0.2, -0.15) is 0 Å². The molecule has 2 rings (SSSR count). The van der Waals surface area contributed by atoms with Crippen LogP contribution in [-0.2, 0) is 0 Å². The molecule has 16 heavy (non-hydrogen) atoms. The van der Waals surface area contributed by atoms with Gasteiger partial charge in [0.2, 0.25) is 0 Å². The topological polar surface area (TPSA) is 12.0 Å². The quantitative estimate of drug-likeness (QED) is 0.790. The maximum absolute atomic E-state index is 13.0. The third-order valence-corrected chi connectivity index (χ3v) is 4.15. The monoisotopic (exact) mass is 333 g/mol. The van der Waals surface area contributed by atoms with Crippen molar-refractivity contribution in [3.63, 3.8) is 0 Å². The van der Waals surface area contributed by atoms with E-state index in [1.54, 1.807) is 6.07 Å². The highest BCUT2D eigenvalue weighted by molar-refractivity contribution is 14.1. The van der Waals surface area contributed by atoms with Gasteiger partial charge in [0.05, 0.1) is 0 Å². The fraction of sp³-hybridized carbons (Fsp3) is 0.538. The molecule has 0 spiro atoms. The van der Waals surface area contributed by atoms with E-state index in [-0.39, 0.29) is 5.82 Å². The zero-order valence-corrected chi connectivity index (χ0v) is 11.8. The molecule has 1 aliphatic rings. The average molecular weight is 333 g/mol. The molecular formula is C13H17FIN. The van der Waals surface area contributed by atoms with Crippen LogP contribution in [0, 0.1) is 14.8 Å². The molecule has 1 unspecified atom stereocenters. The van der Waals surface area contributed by atoms with Crippen molar-refractivity contribution in [2.24, 2.45) is 5.41 Å². The summed E-state index contributed by atoms with van der Waals surface area (Å²) < 4.78 is 13.9. The van der Waals surface area contributed by atoms with E-state index < -0.39 is 0 Å². The summed E-state index contributed by atoms with van der Waals surface area (Å²) in [6.07, 6.45) is 3.67. The van der Waals surface area contributed by atoms with Crippen LogP contribution in [0.25, 0.3) is 0 Å². The number of rotatable bonds is 2. The van der Waals surface area contributed by atoms with Crippen LogP contribution in [0.3, 0.4) is 0 Å². The van der Waals surface area contributed by atoms with E-state index in [9.17, 15) is 4.39 Å². The summed E-state index contributed by atoms with van der Waals surface area (Å²) in [5.41, 5.74) is 1.51. The number of anilines is 1. The second kappa shape index (κ2) is 4.51. The normalized spacial score (nSPS) is 23.4. The van der Waals surface area contributed by atoms with Gasteiger partial charge < -0.3 is 5.32 Å². The fourth-order valence-corrected chi connectivity index (χ4v) is 3.02. The molecule has 1 atom stereocenters. The summed E-state index contributed by atoms with van der Waals surface area (Å²) in [5, 5.41) is 3.52. The number of hydrogen-bond donors (Lipinski definition) is 1. The number of halogens is 2. The van der Waals surface area contributed by atoms with Crippen LogP contribution in [0.5, 0.6) is 0 Å². The highest BCUT2D eigenvalue weighted by Gasteiger charge is 2.30. The summed E-state index contributed by atoms with van der Waals surface area (Å²) in [7, 11) is 0. The van der Waals surface area contributed by atoms with E-state index >= 15 is 0 Å². The third-order valence-electron chi connectivity index (χ3n) is 3.26. The summed E-state index contributed by atoms with van der Waals surface area (Å²) >= 11 is 2.18. The van der Waals surface area contributed by atoms with Crippen LogP contribution in [0.2, 0.25) is 0 Å². The van der Waals surface area contributed by atoms with Crippen molar-refractivity contribution in [3.05, 3.63) is 27.6 Å². The van der Waals surface area contributed by atoms with Crippen molar-refractivity contribution in [3.8, 4) is 0 Å². The first-order valence-electron chi connectivity index (χ1n) is 5.68. The van der Waals surface area contributed by atoms with Crippen LogP contribution in [-0.4, -0.2) is 6.04 Å². The van der Waals surface area contributed by atoms with Gasteiger partial charge in [-0.3, -0.25) is 0 Å². The Morgan fingerprint density at radius 2 is 2.19 bits per heavy atom. The van der Waals surface area contributed by atoms with E-state index in [1.807, 2.05) is 6.07 Å². The smallest absolute Gasteiger partial charge is 0.124 e. The molecule has 1 nitrogen and oxygen atoms in total. The van der Waals surface area contributed by atoms with E-state index in [0.717, 1.165) is 9.26 Å². The van der Waals surface area contributed by atoms with Crippen molar-refractivity contribution >= 4 is 28.3 Å². The van der Waals surface area contributed by atoms with E-state index in [0.29, 0.717) is 11.5 Å². The Kier molecular flexibility index (Phi) is 3.42. The first-order valence-corrected chi connectivity index (χ1v) is 6.76. The Balaban J connectivity index is 2.05. The minimum Gasteiger partial charge on any atom is -0.381 e. The predicted octanol–water partition coefficient (Wildman–Crippen LogP) is 4.42. The minimum absolute atomic E-state index is 0.165. The predicted molar refractivity (Wildman–Crippen MR) is 74.2 cm³/mol. The van der Waals surface area contributed by atoms with Gasteiger partial charge in [-0.15, -0.1) is 0 Å². The van der Waals surface area contributed by atoms with Crippen LogP contribution < -0.4 is 5.32 Å². The lowest BCUT2D eigenvalue weighted by Gasteiger charge is -2.19. The lowest BCUT2D eigenvalue weighted by atomic mass is 9.92. The summed E-state index contributed by atoms with van der Waals surface area (Å²) in [6, 6.07) is 5.46. The molecule has 88 valence electrons. The fourth-order valence-electron chi connectivity index (χ4n) is 2.39. The molecule has 0 radical (unpaired) electrons. The lowest BCUT2D eigenvalue weighted by Crippen LogP contribution is -2.18. The number of nitrogens with one attached hydrogen (secondary N) is 1.